The Morgan fingerprint density at radius 1 is 1.50 bits per heavy atom. The van der Waals surface area contributed by atoms with Crippen LogP contribution in [-0.4, -0.2) is 10.7 Å². The van der Waals surface area contributed by atoms with Gasteiger partial charge in [-0.1, -0.05) is 19.4 Å². The molecule has 0 spiro atoms. The summed E-state index contributed by atoms with van der Waals surface area (Å²) in [6.45, 7) is 4.42. The zero-order chi connectivity index (χ0) is 13.2. The average molecular weight is 265 g/mol. The predicted molar refractivity (Wildman–Crippen MR) is 76.1 cm³/mol. The maximum Gasteiger partial charge on any atom is 0.269 e. The third-order valence-corrected chi connectivity index (χ3v) is 5.22. The van der Waals surface area contributed by atoms with Crippen LogP contribution < -0.4 is 0 Å². The summed E-state index contributed by atoms with van der Waals surface area (Å²) in [5, 5.41) is 10.9. The summed E-state index contributed by atoms with van der Waals surface area (Å²) in [4.78, 5) is 10.6. The van der Waals surface area contributed by atoms with Gasteiger partial charge < -0.3 is 0 Å². The van der Waals surface area contributed by atoms with Crippen LogP contribution in [0.15, 0.2) is 18.2 Å². The lowest BCUT2D eigenvalue weighted by molar-refractivity contribution is -0.384. The Morgan fingerprint density at radius 2 is 2.28 bits per heavy atom. The quantitative estimate of drug-likeness (QED) is 0.453. The molecule has 18 heavy (non-hydrogen) atoms. The molecule has 1 aliphatic carbocycles. The second-order valence-corrected chi connectivity index (χ2v) is 6.63. The van der Waals surface area contributed by atoms with E-state index in [1.54, 1.807) is 12.1 Å². The first kappa shape index (κ1) is 13.4. The molecule has 1 aliphatic rings. The molecule has 0 amide bonds. The van der Waals surface area contributed by atoms with Crippen molar-refractivity contribution < 1.29 is 4.92 Å². The van der Waals surface area contributed by atoms with Crippen molar-refractivity contribution in [2.24, 2.45) is 0 Å². The molecule has 98 valence electrons. The van der Waals surface area contributed by atoms with Crippen LogP contribution in [-0.2, 0) is 11.2 Å². The number of unbranched alkanes of at least 4 members (excludes halogenated alkanes) is 1. The summed E-state index contributed by atoms with van der Waals surface area (Å²) in [5.74, 6) is 1.13. The molecule has 0 saturated carbocycles. The fourth-order valence-corrected chi connectivity index (χ4v) is 3.96. The molecule has 0 radical (unpaired) electrons. The highest BCUT2D eigenvalue weighted by molar-refractivity contribution is 8.00. The van der Waals surface area contributed by atoms with Gasteiger partial charge in [0.15, 0.2) is 0 Å². The molecule has 4 heteroatoms. The van der Waals surface area contributed by atoms with Crippen LogP contribution in [0, 0.1) is 10.1 Å². The maximum atomic E-state index is 10.9. The second kappa shape index (κ2) is 5.31. The van der Waals surface area contributed by atoms with E-state index in [-0.39, 0.29) is 15.4 Å². The molecule has 0 saturated heterocycles. The van der Waals surface area contributed by atoms with Crippen molar-refractivity contribution in [2.45, 2.75) is 44.3 Å². The Kier molecular flexibility index (Phi) is 3.95. The van der Waals surface area contributed by atoms with Gasteiger partial charge in [0.05, 0.1) is 4.92 Å². The minimum Gasteiger partial charge on any atom is -0.258 e. The van der Waals surface area contributed by atoms with Crippen LogP contribution in [0.5, 0.6) is 0 Å². The summed E-state index contributed by atoms with van der Waals surface area (Å²) in [7, 11) is 0. The van der Waals surface area contributed by atoms with E-state index in [1.165, 1.54) is 24.0 Å². The molecule has 0 fully saturated rings. The summed E-state index contributed by atoms with van der Waals surface area (Å²) in [6.07, 6.45) is 4.55. The smallest absolute Gasteiger partial charge is 0.258 e. The van der Waals surface area contributed by atoms with Crippen molar-refractivity contribution in [3.8, 4) is 0 Å². The largest absolute Gasteiger partial charge is 0.269 e. The normalized spacial score (nSPS) is 21.9. The van der Waals surface area contributed by atoms with E-state index in [1.807, 2.05) is 17.8 Å². The molecular weight excluding hydrogens is 246 g/mol. The molecule has 0 aromatic heterocycles. The van der Waals surface area contributed by atoms with Gasteiger partial charge in [0.2, 0.25) is 0 Å². The van der Waals surface area contributed by atoms with Crippen LogP contribution in [0.4, 0.5) is 5.69 Å². The van der Waals surface area contributed by atoms with Crippen molar-refractivity contribution >= 4 is 17.4 Å². The standard InChI is InChI=1S/C14H19NO2S/c1-3-4-9-18-14(2)8-7-11-5-6-12(15(16)17)10-13(11)14/h5-6,10H,3-4,7-9H2,1-2H3. The van der Waals surface area contributed by atoms with Gasteiger partial charge in [0.25, 0.3) is 5.69 Å². The molecule has 1 aromatic rings. The molecule has 3 nitrogen and oxygen atoms in total. The predicted octanol–water partition coefficient (Wildman–Crippen LogP) is 4.29. The minimum absolute atomic E-state index is 0.0660. The van der Waals surface area contributed by atoms with E-state index in [4.69, 9.17) is 0 Å². The van der Waals surface area contributed by atoms with Crippen molar-refractivity contribution in [1.82, 2.24) is 0 Å². The van der Waals surface area contributed by atoms with Gasteiger partial charge in [-0.05, 0) is 43.1 Å². The van der Waals surface area contributed by atoms with Crippen LogP contribution in [0.2, 0.25) is 0 Å². The topological polar surface area (TPSA) is 43.1 Å². The third kappa shape index (κ3) is 2.53. The van der Waals surface area contributed by atoms with Crippen LogP contribution >= 0.6 is 11.8 Å². The summed E-state index contributed by atoms with van der Waals surface area (Å²) < 4.78 is 0.0660. The third-order valence-electron chi connectivity index (χ3n) is 3.66. The fourth-order valence-electron chi connectivity index (χ4n) is 2.49. The Balaban J connectivity index is 2.24. The molecule has 1 aromatic carbocycles. The second-order valence-electron chi connectivity index (χ2n) is 5.03. The molecule has 0 aliphatic heterocycles. The molecule has 2 rings (SSSR count). The fraction of sp³-hybridized carbons (Fsp3) is 0.571. The van der Waals surface area contributed by atoms with Crippen molar-refractivity contribution in [3.05, 3.63) is 39.4 Å². The van der Waals surface area contributed by atoms with Gasteiger partial charge in [-0.15, -0.1) is 0 Å². The number of fused-ring (bicyclic) bond motifs is 1. The highest BCUT2D eigenvalue weighted by Gasteiger charge is 2.35. The number of non-ortho nitro benzene ring substituents is 1. The number of nitrogens with zero attached hydrogens (tertiary/aromatic N) is 1. The number of aryl methyl sites for hydroxylation is 1. The molecule has 1 atom stereocenters. The van der Waals surface area contributed by atoms with Gasteiger partial charge in [-0.3, -0.25) is 10.1 Å². The van der Waals surface area contributed by atoms with E-state index in [2.05, 4.69) is 13.8 Å². The Labute approximate surface area is 112 Å². The van der Waals surface area contributed by atoms with Crippen molar-refractivity contribution in [1.29, 1.82) is 0 Å². The van der Waals surface area contributed by atoms with Crippen molar-refractivity contribution in [3.63, 3.8) is 0 Å². The molecular formula is C14H19NO2S. The van der Waals surface area contributed by atoms with Crippen LogP contribution in [0.3, 0.4) is 0 Å². The van der Waals surface area contributed by atoms with Gasteiger partial charge in [0.1, 0.15) is 0 Å². The SMILES string of the molecule is CCCCSC1(C)CCc2ccc([N+](=O)[O-])cc21. The number of thioether (sulfide) groups is 1. The molecule has 0 heterocycles. The summed E-state index contributed by atoms with van der Waals surface area (Å²) >= 11 is 1.95. The lowest BCUT2D eigenvalue weighted by atomic mass is 10.0. The number of nitro benzene ring substituents is 1. The van der Waals surface area contributed by atoms with Crippen molar-refractivity contribution in [2.75, 3.05) is 5.75 Å². The van der Waals surface area contributed by atoms with Gasteiger partial charge in [-0.2, -0.15) is 11.8 Å². The number of nitro groups is 1. The van der Waals surface area contributed by atoms with E-state index < -0.39 is 0 Å². The minimum atomic E-state index is -0.296. The Bertz CT molecular complexity index is 461. The molecule has 1 unspecified atom stereocenters. The highest BCUT2D eigenvalue weighted by atomic mass is 32.2. The number of hydrogen-bond donors (Lipinski definition) is 0. The number of rotatable bonds is 5. The Hall–Kier alpha value is -1.03. The number of hydrogen-bond acceptors (Lipinski definition) is 3. The van der Waals surface area contributed by atoms with E-state index in [9.17, 15) is 10.1 Å². The van der Waals surface area contributed by atoms with E-state index >= 15 is 0 Å². The zero-order valence-electron chi connectivity index (χ0n) is 10.9. The molecule has 0 N–H and O–H groups in total. The van der Waals surface area contributed by atoms with E-state index in [0.717, 1.165) is 18.6 Å². The lowest BCUT2D eigenvalue weighted by Crippen LogP contribution is -2.14. The first-order valence-corrected chi connectivity index (χ1v) is 7.47. The first-order chi connectivity index (χ1) is 8.57. The summed E-state index contributed by atoms with van der Waals surface area (Å²) in [5.41, 5.74) is 2.68. The molecule has 0 bridgehead atoms. The maximum absolute atomic E-state index is 10.9. The zero-order valence-corrected chi connectivity index (χ0v) is 11.8. The van der Waals surface area contributed by atoms with Gasteiger partial charge in [-0.25, -0.2) is 0 Å². The van der Waals surface area contributed by atoms with Crippen LogP contribution in [0.25, 0.3) is 0 Å². The number of benzene rings is 1. The lowest BCUT2D eigenvalue weighted by Gasteiger charge is -2.24. The summed E-state index contributed by atoms with van der Waals surface area (Å²) in [6, 6.07) is 5.33. The highest BCUT2D eigenvalue weighted by Crippen LogP contribution is 2.48. The first-order valence-electron chi connectivity index (χ1n) is 6.48. The van der Waals surface area contributed by atoms with E-state index in [0.29, 0.717) is 0 Å². The van der Waals surface area contributed by atoms with Gasteiger partial charge >= 0.3 is 0 Å². The van der Waals surface area contributed by atoms with Gasteiger partial charge in [0, 0.05) is 16.9 Å². The Morgan fingerprint density at radius 3 is 2.94 bits per heavy atom. The monoisotopic (exact) mass is 265 g/mol. The average Bonchev–Trinajstić information content (AvgIpc) is 2.67. The van der Waals surface area contributed by atoms with Crippen LogP contribution in [0.1, 0.15) is 44.2 Å².